The molecule has 2 saturated carbocycles. The number of rotatable bonds is 17. The highest BCUT2D eigenvalue weighted by Crippen LogP contribution is 2.40. The van der Waals surface area contributed by atoms with Crippen molar-refractivity contribution in [2.24, 2.45) is 11.7 Å². The van der Waals surface area contributed by atoms with Crippen LogP contribution < -0.4 is 15.8 Å². The van der Waals surface area contributed by atoms with E-state index in [-0.39, 0.29) is 38.5 Å². The number of hydrogen-bond donors (Lipinski definition) is 4. The van der Waals surface area contributed by atoms with Gasteiger partial charge in [-0.1, -0.05) is 36.4 Å². The minimum atomic E-state index is -3.59. The SMILES string of the molecule is CC(C)(C)OC(=O)N[C@@H](CCCOC/C=C\C(O)(NS(=O)(=O)C1CC1)C1CC1)C(=O)N1C[C@H](OCc2ccccc2)C[C@H]1C(N)=O. The van der Waals surface area contributed by atoms with Crippen LogP contribution in [0.1, 0.15) is 71.3 Å². The zero-order valence-corrected chi connectivity index (χ0v) is 27.7. The molecule has 4 atom stereocenters. The van der Waals surface area contributed by atoms with Crippen molar-refractivity contribution in [1.82, 2.24) is 14.9 Å². The molecular weight excluding hydrogens is 616 g/mol. The number of carbonyl (C=O) groups is 3. The maximum Gasteiger partial charge on any atom is 0.408 e. The van der Waals surface area contributed by atoms with E-state index in [1.54, 1.807) is 26.8 Å². The van der Waals surface area contributed by atoms with E-state index in [2.05, 4.69) is 10.0 Å². The van der Waals surface area contributed by atoms with Crippen molar-refractivity contribution >= 4 is 27.9 Å². The average Bonchev–Trinajstić information content (AvgIpc) is 3.90. The van der Waals surface area contributed by atoms with E-state index in [9.17, 15) is 27.9 Å². The highest BCUT2D eigenvalue weighted by molar-refractivity contribution is 7.90. The van der Waals surface area contributed by atoms with Crippen molar-refractivity contribution < 1.29 is 42.1 Å². The van der Waals surface area contributed by atoms with Gasteiger partial charge in [-0.15, -0.1) is 0 Å². The fraction of sp³-hybridized carbons (Fsp3) is 0.656. The predicted molar refractivity (Wildman–Crippen MR) is 169 cm³/mol. The Morgan fingerprint density at radius 3 is 2.43 bits per heavy atom. The fourth-order valence-electron chi connectivity index (χ4n) is 5.36. The molecule has 14 heteroatoms. The minimum absolute atomic E-state index is 0.106. The van der Waals surface area contributed by atoms with Crippen LogP contribution in [0.5, 0.6) is 0 Å². The second-order valence-electron chi connectivity index (χ2n) is 13.3. The largest absolute Gasteiger partial charge is 0.444 e. The highest BCUT2D eigenvalue weighted by Gasteiger charge is 2.48. The summed E-state index contributed by atoms with van der Waals surface area (Å²) in [6.45, 7) is 5.91. The number of nitrogens with zero attached hydrogens (tertiary/aromatic N) is 1. The van der Waals surface area contributed by atoms with Crippen LogP contribution >= 0.6 is 0 Å². The van der Waals surface area contributed by atoms with E-state index in [1.165, 1.54) is 11.0 Å². The van der Waals surface area contributed by atoms with Crippen LogP contribution in [0.25, 0.3) is 0 Å². The zero-order valence-electron chi connectivity index (χ0n) is 26.9. The van der Waals surface area contributed by atoms with Gasteiger partial charge in [0.15, 0.2) is 5.72 Å². The fourth-order valence-corrected chi connectivity index (χ4v) is 6.98. The first-order chi connectivity index (χ1) is 21.7. The molecule has 1 aliphatic heterocycles. The molecule has 1 unspecified atom stereocenters. The lowest BCUT2D eigenvalue weighted by Crippen LogP contribution is -2.53. The van der Waals surface area contributed by atoms with Crippen molar-refractivity contribution in [2.45, 2.75) is 107 Å². The lowest BCUT2D eigenvalue weighted by atomic mass is 10.1. The first-order valence-corrected chi connectivity index (χ1v) is 17.5. The number of primary amides is 1. The molecule has 13 nitrogen and oxygen atoms in total. The minimum Gasteiger partial charge on any atom is -0.444 e. The summed E-state index contributed by atoms with van der Waals surface area (Å²) in [4.78, 5) is 40.1. The zero-order chi connectivity index (χ0) is 33.5. The van der Waals surface area contributed by atoms with Crippen LogP contribution in [-0.2, 0) is 40.4 Å². The van der Waals surface area contributed by atoms with Crippen LogP contribution in [0.2, 0.25) is 0 Å². The van der Waals surface area contributed by atoms with E-state index >= 15 is 0 Å². The summed E-state index contributed by atoms with van der Waals surface area (Å²) < 4.78 is 44.3. The second-order valence-corrected chi connectivity index (χ2v) is 15.3. The third kappa shape index (κ3) is 10.8. The van der Waals surface area contributed by atoms with Gasteiger partial charge in [-0.3, -0.25) is 9.59 Å². The summed E-state index contributed by atoms with van der Waals surface area (Å²) in [6, 6.07) is 7.64. The molecule has 5 N–H and O–H groups in total. The van der Waals surface area contributed by atoms with Crippen molar-refractivity contribution in [1.29, 1.82) is 0 Å². The van der Waals surface area contributed by atoms with E-state index in [4.69, 9.17) is 19.9 Å². The number of nitrogens with one attached hydrogen (secondary N) is 2. The lowest BCUT2D eigenvalue weighted by molar-refractivity contribution is -0.139. The second kappa shape index (κ2) is 15.2. The number of hydrogen-bond acceptors (Lipinski definition) is 9. The van der Waals surface area contributed by atoms with E-state index in [1.807, 2.05) is 30.3 Å². The molecule has 3 fully saturated rings. The van der Waals surface area contributed by atoms with Crippen LogP contribution in [0, 0.1) is 5.92 Å². The molecular formula is C32H48N4O9S. The summed E-state index contributed by atoms with van der Waals surface area (Å²) in [5.41, 5.74) is 4.19. The number of carbonyl (C=O) groups excluding carboxylic acids is 3. The van der Waals surface area contributed by atoms with E-state index in [0.717, 1.165) is 18.4 Å². The van der Waals surface area contributed by atoms with Crippen LogP contribution in [-0.4, -0.2) is 90.9 Å². The average molecular weight is 665 g/mol. The van der Waals surface area contributed by atoms with E-state index < -0.39 is 62.7 Å². The summed E-state index contributed by atoms with van der Waals surface area (Å²) in [5.74, 6) is -1.31. The number of alkyl carbamates (subject to hydrolysis) is 1. The highest BCUT2D eigenvalue weighted by atomic mass is 32.2. The number of ether oxygens (including phenoxy) is 3. The summed E-state index contributed by atoms with van der Waals surface area (Å²) in [5, 5.41) is 13.2. The molecule has 0 aromatic heterocycles. The maximum atomic E-state index is 13.8. The Morgan fingerprint density at radius 1 is 1.13 bits per heavy atom. The van der Waals surface area contributed by atoms with Gasteiger partial charge in [-0.25, -0.2) is 13.2 Å². The standard InChI is InChI=1S/C32H48N4O9S/c1-31(2,3)45-30(39)34-26(29(38)36-20-24(19-27(36)28(33)37)44-21-22-9-5-4-6-10-22)11-7-17-43-18-8-16-32(40,23-12-13-23)35-46(41,42)25-14-15-25/h4-6,8-10,16,23-27,35,40H,7,11-15,17-21H2,1-3H3,(H2,33,37)(H,34,39)/b16-8-/t24-,26+,27+,32?/m1/s1. The van der Waals surface area contributed by atoms with Crippen LogP contribution in [0.15, 0.2) is 42.5 Å². The molecule has 4 rings (SSSR count). The molecule has 1 aromatic carbocycles. The normalized spacial score (nSPS) is 22.4. The first-order valence-electron chi connectivity index (χ1n) is 15.9. The number of amides is 3. The van der Waals surface area contributed by atoms with Gasteiger partial charge >= 0.3 is 6.09 Å². The number of sulfonamides is 1. The number of nitrogens with two attached hydrogens (primary N) is 1. The molecule has 1 saturated heterocycles. The molecule has 3 amide bonds. The van der Waals surface area contributed by atoms with Gasteiger partial charge in [0.2, 0.25) is 21.8 Å². The summed E-state index contributed by atoms with van der Waals surface area (Å²) in [7, 11) is -3.59. The third-order valence-corrected chi connectivity index (χ3v) is 9.99. The quantitative estimate of drug-likeness (QED) is 0.110. The van der Waals surface area contributed by atoms with Crippen molar-refractivity contribution in [3.8, 4) is 0 Å². The van der Waals surface area contributed by atoms with Crippen molar-refractivity contribution in [3.63, 3.8) is 0 Å². The van der Waals surface area contributed by atoms with Crippen molar-refractivity contribution in [2.75, 3.05) is 19.8 Å². The van der Waals surface area contributed by atoms with E-state index in [0.29, 0.717) is 25.9 Å². The predicted octanol–water partition coefficient (Wildman–Crippen LogP) is 2.08. The molecule has 0 bridgehead atoms. The Balaban J connectivity index is 1.32. The molecule has 46 heavy (non-hydrogen) atoms. The summed E-state index contributed by atoms with van der Waals surface area (Å²) in [6.07, 6.45) is 5.27. The molecule has 3 aliphatic rings. The number of likely N-dealkylation sites (tertiary alicyclic amines) is 1. The molecule has 256 valence electrons. The molecule has 1 heterocycles. The monoisotopic (exact) mass is 664 g/mol. The maximum absolute atomic E-state index is 13.8. The Labute approximate surface area is 271 Å². The van der Waals surface area contributed by atoms with Gasteiger partial charge in [-0.05, 0) is 70.9 Å². The Bertz CT molecular complexity index is 1340. The van der Waals surface area contributed by atoms with Gasteiger partial charge in [0.05, 0.1) is 24.6 Å². The van der Waals surface area contributed by atoms with Gasteiger partial charge in [0.25, 0.3) is 0 Å². The lowest BCUT2D eigenvalue weighted by Gasteiger charge is -2.28. The third-order valence-electron chi connectivity index (χ3n) is 8.03. The first kappa shape index (κ1) is 35.8. The van der Waals surface area contributed by atoms with Gasteiger partial charge in [0, 0.05) is 25.5 Å². The Kier molecular flexibility index (Phi) is 11.9. The molecule has 0 spiro atoms. The Morgan fingerprint density at radius 2 is 1.83 bits per heavy atom. The van der Waals surface area contributed by atoms with Crippen LogP contribution in [0.4, 0.5) is 4.79 Å². The van der Waals surface area contributed by atoms with Crippen LogP contribution in [0.3, 0.4) is 0 Å². The van der Waals surface area contributed by atoms with Gasteiger partial charge in [-0.2, -0.15) is 4.72 Å². The number of aliphatic hydroxyl groups is 1. The van der Waals surface area contributed by atoms with Crippen molar-refractivity contribution in [3.05, 3.63) is 48.0 Å². The molecule has 0 radical (unpaired) electrons. The van der Waals surface area contributed by atoms with Gasteiger partial charge < -0.3 is 35.3 Å². The smallest absolute Gasteiger partial charge is 0.408 e. The topological polar surface area (TPSA) is 187 Å². The number of benzene rings is 1. The molecule has 1 aromatic rings. The Hall–Kier alpha value is -3.04. The van der Waals surface area contributed by atoms with Gasteiger partial charge in [0.1, 0.15) is 17.7 Å². The molecule has 2 aliphatic carbocycles. The summed E-state index contributed by atoms with van der Waals surface area (Å²) >= 11 is 0.